The highest BCUT2D eigenvalue weighted by molar-refractivity contribution is 6.08. The maximum absolute atomic E-state index is 12.8. The molecule has 0 aromatic heterocycles. The van der Waals surface area contributed by atoms with Gasteiger partial charge in [-0.15, -0.1) is 0 Å². The van der Waals surface area contributed by atoms with E-state index in [9.17, 15) is 14.4 Å². The van der Waals surface area contributed by atoms with Crippen molar-refractivity contribution >= 4 is 28.4 Å². The number of ketones is 1. The van der Waals surface area contributed by atoms with Crippen LogP contribution in [0.25, 0.3) is 10.8 Å². The van der Waals surface area contributed by atoms with Crippen molar-refractivity contribution in [3.8, 4) is 0 Å². The number of carbonyl (C=O) groups excluding carboxylic acids is 3. The first-order chi connectivity index (χ1) is 12.1. The highest BCUT2D eigenvalue weighted by Crippen LogP contribution is 2.26. The third-order valence-corrected chi connectivity index (χ3v) is 4.77. The quantitative estimate of drug-likeness (QED) is 0.870. The van der Waals surface area contributed by atoms with Crippen LogP contribution in [0.15, 0.2) is 42.5 Å². The molecule has 1 N–H and O–H groups in total. The van der Waals surface area contributed by atoms with Crippen LogP contribution in [0.3, 0.4) is 0 Å². The lowest BCUT2D eigenvalue weighted by Gasteiger charge is -2.28. The van der Waals surface area contributed by atoms with E-state index in [0.29, 0.717) is 18.4 Å². The number of fused-ring (bicyclic) bond motifs is 1. The van der Waals surface area contributed by atoms with Gasteiger partial charge in [0, 0.05) is 18.4 Å². The molecule has 0 heterocycles. The van der Waals surface area contributed by atoms with Crippen LogP contribution in [0.1, 0.15) is 36.0 Å². The Balaban J connectivity index is 1.87. The summed E-state index contributed by atoms with van der Waals surface area (Å²) in [6.07, 6.45) is 2.31. The van der Waals surface area contributed by atoms with Crippen LogP contribution in [0.2, 0.25) is 0 Å². The molecule has 3 rings (SSSR count). The fourth-order valence-corrected chi connectivity index (χ4v) is 3.48. The summed E-state index contributed by atoms with van der Waals surface area (Å²) < 4.78 is 4.86. The summed E-state index contributed by atoms with van der Waals surface area (Å²) in [6.45, 7) is 0. The zero-order valence-electron chi connectivity index (χ0n) is 14.2. The number of methoxy groups -OCH3 is 1. The third-order valence-electron chi connectivity index (χ3n) is 4.77. The van der Waals surface area contributed by atoms with Gasteiger partial charge in [0.2, 0.25) is 0 Å². The number of esters is 1. The van der Waals surface area contributed by atoms with Crippen LogP contribution in [0, 0.1) is 5.92 Å². The van der Waals surface area contributed by atoms with Gasteiger partial charge in [0.25, 0.3) is 5.91 Å². The van der Waals surface area contributed by atoms with Crippen LogP contribution < -0.4 is 5.32 Å². The van der Waals surface area contributed by atoms with E-state index in [4.69, 9.17) is 4.74 Å². The summed E-state index contributed by atoms with van der Waals surface area (Å²) in [6, 6.07) is 12.3. The fraction of sp³-hybridized carbons (Fsp3) is 0.350. The van der Waals surface area contributed by atoms with E-state index in [0.717, 1.165) is 23.6 Å². The van der Waals surface area contributed by atoms with E-state index >= 15 is 0 Å². The lowest BCUT2D eigenvalue weighted by atomic mass is 9.83. The van der Waals surface area contributed by atoms with Crippen LogP contribution in [0.5, 0.6) is 0 Å². The number of nitrogens with one attached hydrogen (secondary N) is 1. The van der Waals surface area contributed by atoms with E-state index in [1.807, 2.05) is 36.4 Å². The van der Waals surface area contributed by atoms with Crippen molar-refractivity contribution in [2.75, 3.05) is 7.11 Å². The van der Waals surface area contributed by atoms with Gasteiger partial charge in [-0.2, -0.15) is 0 Å². The first kappa shape index (κ1) is 17.1. The molecule has 0 radical (unpaired) electrons. The normalized spacial score (nSPS) is 18.6. The Morgan fingerprint density at radius 1 is 1.16 bits per heavy atom. The van der Waals surface area contributed by atoms with Crippen molar-refractivity contribution in [1.29, 1.82) is 0 Å². The van der Waals surface area contributed by atoms with E-state index < -0.39 is 12.0 Å². The Bertz CT molecular complexity index is 809. The van der Waals surface area contributed by atoms with E-state index in [1.165, 1.54) is 7.11 Å². The molecule has 0 bridgehead atoms. The largest absolute Gasteiger partial charge is 0.467 e. The number of Topliss-reactive ketones (excluding diaryl/α,β-unsaturated/α-hetero) is 1. The number of hydrogen-bond acceptors (Lipinski definition) is 4. The minimum atomic E-state index is -0.805. The highest BCUT2D eigenvalue weighted by atomic mass is 16.5. The van der Waals surface area contributed by atoms with Gasteiger partial charge in [-0.25, -0.2) is 4.79 Å². The number of hydrogen-bond donors (Lipinski definition) is 1. The van der Waals surface area contributed by atoms with Gasteiger partial charge in [0.1, 0.15) is 11.8 Å². The van der Waals surface area contributed by atoms with E-state index in [1.54, 1.807) is 6.07 Å². The van der Waals surface area contributed by atoms with Crippen molar-refractivity contribution in [2.24, 2.45) is 5.92 Å². The third kappa shape index (κ3) is 3.71. The van der Waals surface area contributed by atoms with Crippen molar-refractivity contribution in [3.05, 3.63) is 48.0 Å². The molecule has 5 nitrogen and oxygen atoms in total. The van der Waals surface area contributed by atoms with Crippen LogP contribution in [0.4, 0.5) is 0 Å². The average Bonchev–Trinajstić information content (AvgIpc) is 2.64. The maximum atomic E-state index is 12.8. The van der Waals surface area contributed by atoms with Crippen LogP contribution in [-0.4, -0.2) is 30.8 Å². The minimum absolute atomic E-state index is 0.129. The summed E-state index contributed by atoms with van der Waals surface area (Å²) >= 11 is 0. The topological polar surface area (TPSA) is 72.5 Å². The number of amides is 1. The molecular formula is C20H21NO4. The monoisotopic (exact) mass is 339 g/mol. The number of ether oxygens (including phenoxy) is 1. The summed E-state index contributed by atoms with van der Waals surface area (Å²) in [7, 11) is 1.30. The molecule has 2 aromatic rings. The van der Waals surface area contributed by atoms with E-state index in [-0.39, 0.29) is 17.6 Å². The molecule has 1 aliphatic carbocycles. The second-order valence-electron chi connectivity index (χ2n) is 6.40. The van der Waals surface area contributed by atoms with Gasteiger partial charge in [0.15, 0.2) is 0 Å². The molecule has 25 heavy (non-hydrogen) atoms. The molecular weight excluding hydrogens is 318 g/mol. The molecule has 0 aliphatic heterocycles. The van der Waals surface area contributed by atoms with Crippen molar-refractivity contribution < 1.29 is 19.1 Å². The molecule has 0 spiro atoms. The molecule has 130 valence electrons. The lowest BCUT2D eigenvalue weighted by molar-refractivity contribution is -0.145. The molecule has 5 heteroatoms. The maximum Gasteiger partial charge on any atom is 0.328 e. The molecule has 0 unspecified atom stereocenters. The van der Waals surface area contributed by atoms with Gasteiger partial charge >= 0.3 is 5.97 Å². The zero-order valence-corrected chi connectivity index (χ0v) is 14.2. The molecule has 1 fully saturated rings. The second kappa shape index (κ2) is 7.47. The zero-order chi connectivity index (χ0) is 17.8. The lowest BCUT2D eigenvalue weighted by Crippen LogP contribution is -2.48. The summed E-state index contributed by atoms with van der Waals surface area (Å²) in [4.78, 5) is 36.8. The van der Waals surface area contributed by atoms with Gasteiger partial charge in [-0.1, -0.05) is 36.4 Å². The van der Waals surface area contributed by atoms with Crippen molar-refractivity contribution in [3.63, 3.8) is 0 Å². The molecule has 2 atom stereocenters. The molecule has 2 aromatic carbocycles. The average molecular weight is 339 g/mol. The minimum Gasteiger partial charge on any atom is -0.467 e. The Hall–Kier alpha value is -2.69. The van der Waals surface area contributed by atoms with Crippen LogP contribution >= 0.6 is 0 Å². The number of carbonyl (C=O) groups is 3. The van der Waals surface area contributed by atoms with Gasteiger partial charge in [0.05, 0.1) is 7.11 Å². The highest BCUT2D eigenvalue weighted by Gasteiger charge is 2.34. The smallest absolute Gasteiger partial charge is 0.328 e. The second-order valence-corrected chi connectivity index (χ2v) is 6.40. The summed E-state index contributed by atoms with van der Waals surface area (Å²) in [5.41, 5.74) is 0.508. The van der Waals surface area contributed by atoms with Gasteiger partial charge in [-0.3, -0.25) is 9.59 Å². The summed E-state index contributed by atoms with van der Waals surface area (Å²) in [5, 5.41) is 4.58. The van der Waals surface area contributed by atoms with Crippen LogP contribution in [-0.2, 0) is 14.3 Å². The predicted molar refractivity (Wildman–Crippen MR) is 94.2 cm³/mol. The molecule has 0 saturated heterocycles. The van der Waals surface area contributed by atoms with Gasteiger partial charge < -0.3 is 10.1 Å². The standard InChI is InChI=1S/C20H21NO4/c1-25-20(24)18(14-8-4-9-15(22)12-14)21-19(23)17-11-5-7-13-6-2-3-10-16(13)17/h2-3,5-7,10-11,14,18H,4,8-9,12H2,1H3,(H,21,23)/t14-,18-/m1/s1. The Morgan fingerprint density at radius 2 is 1.92 bits per heavy atom. The summed E-state index contributed by atoms with van der Waals surface area (Å²) in [5.74, 6) is -0.921. The fourth-order valence-electron chi connectivity index (χ4n) is 3.48. The molecule has 1 aliphatic rings. The Morgan fingerprint density at radius 3 is 2.68 bits per heavy atom. The molecule has 1 saturated carbocycles. The van der Waals surface area contributed by atoms with Crippen molar-refractivity contribution in [2.45, 2.75) is 31.7 Å². The first-order valence-corrected chi connectivity index (χ1v) is 8.48. The Labute approximate surface area is 146 Å². The SMILES string of the molecule is COC(=O)[C@H](NC(=O)c1cccc2ccccc12)[C@@H]1CCCC(=O)C1. The Kier molecular flexibility index (Phi) is 5.12. The molecule has 1 amide bonds. The number of benzene rings is 2. The van der Waals surface area contributed by atoms with E-state index in [2.05, 4.69) is 5.32 Å². The van der Waals surface area contributed by atoms with Crippen molar-refractivity contribution in [1.82, 2.24) is 5.32 Å². The first-order valence-electron chi connectivity index (χ1n) is 8.48. The number of rotatable bonds is 4. The predicted octanol–water partition coefficient (Wildman–Crippen LogP) is 2.87. The van der Waals surface area contributed by atoms with Gasteiger partial charge in [-0.05, 0) is 35.6 Å².